The molecule has 1 aliphatic rings. The van der Waals surface area contributed by atoms with Crippen LogP contribution in [0, 0.1) is 13.8 Å². The van der Waals surface area contributed by atoms with E-state index in [0.29, 0.717) is 5.75 Å². The quantitative estimate of drug-likeness (QED) is 0.859. The summed E-state index contributed by atoms with van der Waals surface area (Å²) in [5.41, 5.74) is 4.71. The van der Waals surface area contributed by atoms with Gasteiger partial charge in [-0.05, 0) is 47.6 Å². The Morgan fingerprint density at radius 2 is 1.95 bits per heavy atom. The first-order valence-electron chi connectivity index (χ1n) is 6.90. The molecule has 2 N–H and O–H groups in total. The van der Waals surface area contributed by atoms with Crippen molar-refractivity contribution in [3.05, 3.63) is 28.3 Å². The van der Waals surface area contributed by atoms with E-state index in [9.17, 15) is 5.11 Å². The Hall–Kier alpha value is -1.51. The van der Waals surface area contributed by atoms with Crippen molar-refractivity contribution in [2.45, 2.75) is 46.5 Å². The van der Waals surface area contributed by atoms with E-state index in [1.165, 1.54) is 16.7 Å². The standard InChI is InChI=1S/C16H24N2O/c1-10-12(8-15-17-6-7-18-15)11(2)14(19)9-13(10)16(3,4)5/h9,19H,6-8H2,1-5H3,(H,17,18). The lowest BCUT2D eigenvalue weighted by Gasteiger charge is -2.25. The third kappa shape index (κ3) is 2.75. The van der Waals surface area contributed by atoms with Crippen LogP contribution in [0.15, 0.2) is 11.1 Å². The lowest BCUT2D eigenvalue weighted by molar-refractivity contribution is 0.465. The fraction of sp³-hybridized carbons (Fsp3) is 0.562. The normalized spacial score (nSPS) is 15.3. The van der Waals surface area contributed by atoms with Crippen molar-refractivity contribution in [2.24, 2.45) is 4.99 Å². The number of phenols is 1. The molecule has 0 fully saturated rings. The minimum atomic E-state index is 0.0366. The number of benzene rings is 1. The number of rotatable bonds is 2. The molecule has 3 nitrogen and oxygen atoms in total. The Labute approximate surface area is 115 Å². The van der Waals surface area contributed by atoms with Gasteiger partial charge < -0.3 is 10.4 Å². The molecule has 1 heterocycles. The Balaban J connectivity index is 2.49. The fourth-order valence-corrected chi connectivity index (χ4v) is 2.73. The first kappa shape index (κ1) is 13.9. The smallest absolute Gasteiger partial charge is 0.119 e. The maximum absolute atomic E-state index is 10.2. The maximum Gasteiger partial charge on any atom is 0.119 e. The Morgan fingerprint density at radius 3 is 2.47 bits per heavy atom. The van der Waals surface area contributed by atoms with Crippen molar-refractivity contribution in [1.82, 2.24) is 5.32 Å². The summed E-state index contributed by atoms with van der Waals surface area (Å²) in [4.78, 5) is 4.46. The van der Waals surface area contributed by atoms with Crippen molar-refractivity contribution in [3.8, 4) is 5.75 Å². The predicted molar refractivity (Wildman–Crippen MR) is 80.3 cm³/mol. The van der Waals surface area contributed by atoms with Gasteiger partial charge in [-0.1, -0.05) is 20.8 Å². The molecule has 1 aliphatic heterocycles. The first-order valence-corrected chi connectivity index (χ1v) is 6.90. The van der Waals surface area contributed by atoms with E-state index in [1.54, 1.807) is 0 Å². The lowest BCUT2D eigenvalue weighted by Crippen LogP contribution is -2.22. The SMILES string of the molecule is Cc1c(O)cc(C(C)(C)C)c(C)c1CC1=NCCN1. The molecule has 2 rings (SSSR count). The molecule has 0 saturated carbocycles. The van der Waals surface area contributed by atoms with Crippen molar-refractivity contribution in [1.29, 1.82) is 0 Å². The monoisotopic (exact) mass is 260 g/mol. The van der Waals surface area contributed by atoms with Crippen molar-refractivity contribution < 1.29 is 5.11 Å². The molecular formula is C16H24N2O. The first-order chi connectivity index (χ1) is 8.80. The molecular weight excluding hydrogens is 236 g/mol. The van der Waals surface area contributed by atoms with Crippen molar-refractivity contribution in [3.63, 3.8) is 0 Å². The summed E-state index contributed by atoms with van der Waals surface area (Å²) < 4.78 is 0. The summed E-state index contributed by atoms with van der Waals surface area (Å²) in [6, 6.07) is 1.91. The highest BCUT2D eigenvalue weighted by molar-refractivity contribution is 5.86. The lowest BCUT2D eigenvalue weighted by atomic mass is 9.80. The van der Waals surface area contributed by atoms with Crippen LogP contribution in [0.3, 0.4) is 0 Å². The molecule has 0 unspecified atom stereocenters. The number of nitrogens with one attached hydrogen (secondary N) is 1. The summed E-state index contributed by atoms with van der Waals surface area (Å²) in [6.45, 7) is 12.5. The number of aromatic hydroxyl groups is 1. The van der Waals surface area contributed by atoms with Gasteiger partial charge >= 0.3 is 0 Å². The van der Waals surface area contributed by atoms with E-state index >= 15 is 0 Å². The van der Waals surface area contributed by atoms with E-state index in [-0.39, 0.29) is 5.41 Å². The zero-order valence-corrected chi connectivity index (χ0v) is 12.6. The minimum Gasteiger partial charge on any atom is -0.508 e. The van der Waals surface area contributed by atoms with Gasteiger partial charge in [0.1, 0.15) is 11.6 Å². The second kappa shape index (κ2) is 4.87. The molecule has 1 aromatic carbocycles. The molecule has 0 amide bonds. The Kier molecular flexibility index (Phi) is 3.57. The molecule has 19 heavy (non-hydrogen) atoms. The zero-order chi connectivity index (χ0) is 14.2. The number of amidine groups is 1. The van der Waals surface area contributed by atoms with Gasteiger partial charge in [0.25, 0.3) is 0 Å². The number of aliphatic imine (C=N–C) groups is 1. The van der Waals surface area contributed by atoms with Crippen LogP contribution in [0.1, 0.15) is 43.0 Å². The summed E-state index contributed by atoms with van der Waals surface area (Å²) >= 11 is 0. The van der Waals surface area contributed by atoms with Gasteiger partial charge in [0.05, 0.1) is 6.54 Å². The Bertz CT molecular complexity index is 525. The van der Waals surface area contributed by atoms with E-state index in [2.05, 4.69) is 38.0 Å². The average Bonchev–Trinajstić information content (AvgIpc) is 2.80. The van der Waals surface area contributed by atoms with Crippen molar-refractivity contribution in [2.75, 3.05) is 13.1 Å². The van der Waals surface area contributed by atoms with Gasteiger partial charge in [0.2, 0.25) is 0 Å². The summed E-state index contributed by atoms with van der Waals surface area (Å²) in [7, 11) is 0. The molecule has 0 bridgehead atoms. The van der Waals surface area contributed by atoms with Gasteiger partial charge in [0, 0.05) is 13.0 Å². The van der Waals surface area contributed by atoms with Gasteiger partial charge in [0.15, 0.2) is 0 Å². The zero-order valence-electron chi connectivity index (χ0n) is 12.6. The van der Waals surface area contributed by atoms with Crippen LogP contribution in [-0.4, -0.2) is 24.0 Å². The van der Waals surface area contributed by atoms with Crippen LogP contribution in [0.4, 0.5) is 0 Å². The second-order valence-corrected chi connectivity index (χ2v) is 6.35. The largest absolute Gasteiger partial charge is 0.508 e. The van der Waals surface area contributed by atoms with E-state index in [1.807, 2.05) is 13.0 Å². The van der Waals surface area contributed by atoms with Crippen LogP contribution in [0.2, 0.25) is 0 Å². The van der Waals surface area contributed by atoms with Crippen LogP contribution >= 0.6 is 0 Å². The molecule has 0 radical (unpaired) electrons. The molecule has 0 saturated heterocycles. The van der Waals surface area contributed by atoms with E-state index in [0.717, 1.165) is 30.9 Å². The highest BCUT2D eigenvalue weighted by atomic mass is 16.3. The summed E-state index contributed by atoms with van der Waals surface area (Å²) in [5.74, 6) is 1.43. The minimum absolute atomic E-state index is 0.0366. The van der Waals surface area contributed by atoms with Crippen molar-refractivity contribution >= 4 is 5.84 Å². The second-order valence-electron chi connectivity index (χ2n) is 6.35. The molecule has 0 aromatic heterocycles. The molecule has 1 aromatic rings. The van der Waals surface area contributed by atoms with E-state index < -0.39 is 0 Å². The average molecular weight is 260 g/mol. The van der Waals surface area contributed by atoms with Gasteiger partial charge in [-0.2, -0.15) is 0 Å². The van der Waals surface area contributed by atoms with Crippen LogP contribution in [0.25, 0.3) is 0 Å². The Morgan fingerprint density at radius 1 is 1.26 bits per heavy atom. The summed E-state index contributed by atoms with van der Waals surface area (Å²) in [6.07, 6.45) is 0.787. The highest BCUT2D eigenvalue weighted by Gasteiger charge is 2.22. The van der Waals surface area contributed by atoms with Gasteiger partial charge in [-0.3, -0.25) is 4.99 Å². The number of phenolic OH excluding ortho intramolecular Hbond substituents is 1. The predicted octanol–water partition coefficient (Wildman–Crippen LogP) is 2.85. The molecule has 0 aliphatic carbocycles. The van der Waals surface area contributed by atoms with Gasteiger partial charge in [-0.25, -0.2) is 0 Å². The molecule has 104 valence electrons. The maximum atomic E-state index is 10.2. The van der Waals surface area contributed by atoms with Crippen LogP contribution in [0.5, 0.6) is 5.75 Å². The number of hydrogen-bond donors (Lipinski definition) is 2. The van der Waals surface area contributed by atoms with Crippen LogP contribution < -0.4 is 5.32 Å². The third-order valence-electron chi connectivity index (χ3n) is 3.87. The topological polar surface area (TPSA) is 44.6 Å². The molecule has 0 spiro atoms. The molecule has 0 atom stereocenters. The fourth-order valence-electron chi connectivity index (χ4n) is 2.73. The van der Waals surface area contributed by atoms with E-state index in [4.69, 9.17) is 0 Å². The summed E-state index contributed by atoms with van der Waals surface area (Å²) in [5, 5.41) is 13.5. The number of hydrogen-bond acceptors (Lipinski definition) is 3. The van der Waals surface area contributed by atoms with Gasteiger partial charge in [-0.15, -0.1) is 0 Å². The molecule has 3 heteroatoms. The van der Waals surface area contributed by atoms with Crippen LogP contribution in [-0.2, 0) is 11.8 Å². The highest BCUT2D eigenvalue weighted by Crippen LogP contribution is 2.34. The number of nitrogens with zero attached hydrogens (tertiary/aromatic N) is 1. The third-order valence-corrected chi connectivity index (χ3v) is 3.87.